The molecule has 1 unspecified atom stereocenters. The number of aromatic nitrogens is 3. The molecule has 0 radical (unpaired) electrons. The fourth-order valence-corrected chi connectivity index (χ4v) is 5.14. The number of ether oxygens (including phenoxy) is 1. The second kappa shape index (κ2) is 11.4. The Morgan fingerprint density at radius 1 is 1.15 bits per heavy atom. The van der Waals surface area contributed by atoms with Gasteiger partial charge < -0.3 is 15.4 Å². The highest BCUT2D eigenvalue weighted by atomic mass is 32.2. The molecule has 0 aliphatic heterocycles. The summed E-state index contributed by atoms with van der Waals surface area (Å²) in [7, 11) is 1.67. The number of carbonyl (C=O) groups excluding carboxylic acids is 1. The molecule has 1 heterocycles. The van der Waals surface area contributed by atoms with Crippen LogP contribution >= 0.6 is 11.8 Å². The predicted molar refractivity (Wildman–Crippen MR) is 136 cm³/mol. The molecule has 0 saturated heterocycles. The Kier molecular flexibility index (Phi) is 8.11. The van der Waals surface area contributed by atoms with Crippen molar-refractivity contribution in [3.05, 3.63) is 65.5 Å². The molecule has 4 rings (SSSR count). The van der Waals surface area contributed by atoms with Gasteiger partial charge in [0.1, 0.15) is 5.75 Å². The van der Waals surface area contributed by atoms with Gasteiger partial charge in [0.05, 0.1) is 13.2 Å². The Morgan fingerprint density at radius 3 is 2.65 bits per heavy atom. The van der Waals surface area contributed by atoms with Gasteiger partial charge in [0.15, 0.2) is 11.0 Å². The largest absolute Gasteiger partial charge is 0.497 e. The lowest BCUT2D eigenvalue weighted by molar-refractivity contribution is 0.229. The van der Waals surface area contributed by atoms with Gasteiger partial charge in [0.25, 0.3) is 0 Å². The molecule has 3 aromatic rings. The second-order valence-electron chi connectivity index (χ2n) is 8.83. The Morgan fingerprint density at radius 2 is 1.91 bits per heavy atom. The number of nitrogens with zero attached hydrogens (tertiary/aromatic N) is 3. The number of hydrogen-bond acceptors (Lipinski definition) is 5. The van der Waals surface area contributed by atoms with Crippen molar-refractivity contribution >= 4 is 17.8 Å². The summed E-state index contributed by atoms with van der Waals surface area (Å²) in [5.74, 6) is 2.27. The topological polar surface area (TPSA) is 81.1 Å². The van der Waals surface area contributed by atoms with Crippen LogP contribution in [-0.2, 0) is 5.75 Å². The minimum absolute atomic E-state index is 0.150. The van der Waals surface area contributed by atoms with Crippen LogP contribution in [0.1, 0.15) is 62.0 Å². The van der Waals surface area contributed by atoms with Crippen molar-refractivity contribution in [3.63, 3.8) is 0 Å². The first-order valence-corrected chi connectivity index (χ1v) is 12.9. The summed E-state index contributed by atoms with van der Waals surface area (Å²) in [5, 5.41) is 15.9. The summed E-state index contributed by atoms with van der Waals surface area (Å²) >= 11 is 1.61. The summed E-state index contributed by atoms with van der Waals surface area (Å²) in [6.07, 6.45) is 5.71. The Balaban J connectivity index is 1.53. The Labute approximate surface area is 205 Å². The number of amides is 2. The van der Waals surface area contributed by atoms with Crippen LogP contribution < -0.4 is 15.4 Å². The van der Waals surface area contributed by atoms with Gasteiger partial charge in [-0.2, -0.15) is 0 Å². The van der Waals surface area contributed by atoms with E-state index in [1.807, 2.05) is 29.7 Å². The van der Waals surface area contributed by atoms with Gasteiger partial charge in [0.2, 0.25) is 0 Å². The van der Waals surface area contributed by atoms with Crippen LogP contribution in [0.5, 0.6) is 5.75 Å². The molecule has 2 aromatic carbocycles. The average molecular weight is 480 g/mol. The molecule has 7 nitrogen and oxygen atoms in total. The number of aryl methyl sites for hydroxylation is 1. The van der Waals surface area contributed by atoms with Crippen molar-refractivity contribution in [1.82, 2.24) is 25.4 Å². The van der Waals surface area contributed by atoms with Crippen molar-refractivity contribution in [2.24, 2.45) is 0 Å². The van der Waals surface area contributed by atoms with E-state index < -0.39 is 0 Å². The zero-order valence-electron chi connectivity index (χ0n) is 20.1. The molecule has 180 valence electrons. The van der Waals surface area contributed by atoms with E-state index >= 15 is 0 Å². The van der Waals surface area contributed by atoms with Crippen molar-refractivity contribution in [2.45, 2.75) is 68.9 Å². The molecule has 2 N–H and O–H groups in total. The molecule has 1 aliphatic carbocycles. The van der Waals surface area contributed by atoms with Gasteiger partial charge in [-0.15, -0.1) is 10.2 Å². The van der Waals surface area contributed by atoms with E-state index in [9.17, 15) is 4.79 Å². The van der Waals surface area contributed by atoms with Gasteiger partial charge in [-0.3, -0.25) is 4.57 Å². The Hall–Kier alpha value is -3.00. The zero-order valence-corrected chi connectivity index (χ0v) is 20.9. The van der Waals surface area contributed by atoms with E-state index in [1.54, 1.807) is 18.9 Å². The molecule has 34 heavy (non-hydrogen) atoms. The number of thioether (sulfide) groups is 1. The van der Waals surface area contributed by atoms with Crippen molar-refractivity contribution in [3.8, 4) is 11.4 Å². The van der Waals surface area contributed by atoms with Crippen LogP contribution in [0, 0.1) is 6.92 Å². The highest BCUT2D eigenvalue weighted by Gasteiger charge is 2.23. The van der Waals surface area contributed by atoms with E-state index in [0.717, 1.165) is 40.8 Å². The molecule has 1 aliphatic rings. The summed E-state index contributed by atoms with van der Waals surface area (Å²) in [6, 6.07) is 16.1. The van der Waals surface area contributed by atoms with Crippen LogP contribution in [0.15, 0.2) is 53.7 Å². The molecule has 0 bridgehead atoms. The fraction of sp³-hybridized carbons (Fsp3) is 0.423. The highest BCUT2D eigenvalue weighted by Crippen LogP contribution is 2.28. The number of methoxy groups -OCH3 is 1. The van der Waals surface area contributed by atoms with E-state index in [1.165, 1.54) is 24.8 Å². The molecular weight excluding hydrogens is 446 g/mol. The standard InChI is InChI=1S/C26H33N5O2S/c1-18-12-14-22(15-13-18)31-24(19(2)27-25(32)28-21-9-5-4-6-10-21)29-30-26(31)34-17-20-8-7-11-23(16-20)33-3/h7-8,11-16,19,21H,4-6,9-10,17H2,1-3H3,(H2,27,28,32). The molecule has 2 amide bonds. The van der Waals surface area contributed by atoms with E-state index in [4.69, 9.17) is 4.74 Å². The maximum Gasteiger partial charge on any atom is 0.315 e. The third-order valence-corrected chi connectivity index (χ3v) is 7.13. The monoisotopic (exact) mass is 479 g/mol. The van der Waals surface area contributed by atoms with E-state index in [2.05, 4.69) is 58.1 Å². The maximum atomic E-state index is 12.7. The quantitative estimate of drug-likeness (QED) is 0.413. The number of carbonyl (C=O) groups is 1. The van der Waals surface area contributed by atoms with Crippen molar-refractivity contribution < 1.29 is 9.53 Å². The van der Waals surface area contributed by atoms with Gasteiger partial charge in [-0.05, 0) is 56.5 Å². The van der Waals surface area contributed by atoms with Crippen LogP contribution in [0.25, 0.3) is 5.69 Å². The fourth-order valence-electron chi connectivity index (χ4n) is 4.24. The van der Waals surface area contributed by atoms with E-state index in [-0.39, 0.29) is 18.1 Å². The van der Waals surface area contributed by atoms with Gasteiger partial charge in [-0.1, -0.05) is 60.9 Å². The molecule has 1 aromatic heterocycles. The number of hydrogen-bond donors (Lipinski definition) is 2. The predicted octanol–water partition coefficient (Wildman–Crippen LogP) is 5.57. The first kappa shape index (κ1) is 24.1. The smallest absolute Gasteiger partial charge is 0.315 e. The number of urea groups is 1. The van der Waals surface area contributed by atoms with E-state index in [0.29, 0.717) is 5.82 Å². The summed E-state index contributed by atoms with van der Waals surface area (Å²) in [4.78, 5) is 12.7. The summed E-state index contributed by atoms with van der Waals surface area (Å²) < 4.78 is 7.39. The number of rotatable bonds is 8. The van der Waals surface area contributed by atoms with Crippen LogP contribution in [0.3, 0.4) is 0 Å². The van der Waals surface area contributed by atoms with Gasteiger partial charge in [0, 0.05) is 17.5 Å². The lowest BCUT2D eigenvalue weighted by Crippen LogP contribution is -2.44. The normalized spacial score (nSPS) is 15.0. The molecular formula is C26H33N5O2S. The maximum absolute atomic E-state index is 12.7. The third-order valence-electron chi connectivity index (χ3n) is 6.13. The molecule has 1 saturated carbocycles. The zero-order chi connectivity index (χ0) is 23.9. The molecule has 1 atom stereocenters. The van der Waals surface area contributed by atoms with Crippen LogP contribution in [0.4, 0.5) is 4.79 Å². The first-order chi connectivity index (χ1) is 16.5. The molecule has 1 fully saturated rings. The number of nitrogens with one attached hydrogen (secondary N) is 2. The minimum Gasteiger partial charge on any atom is -0.497 e. The highest BCUT2D eigenvalue weighted by molar-refractivity contribution is 7.98. The van der Waals surface area contributed by atoms with Crippen LogP contribution in [-0.4, -0.2) is 33.9 Å². The lowest BCUT2D eigenvalue weighted by atomic mass is 9.96. The summed E-state index contributed by atoms with van der Waals surface area (Å²) in [6.45, 7) is 4.01. The first-order valence-electron chi connectivity index (χ1n) is 11.9. The molecule has 0 spiro atoms. The third kappa shape index (κ3) is 6.11. The van der Waals surface area contributed by atoms with Crippen molar-refractivity contribution in [2.75, 3.05) is 7.11 Å². The second-order valence-corrected chi connectivity index (χ2v) is 9.77. The molecule has 8 heteroatoms. The van der Waals surface area contributed by atoms with Crippen LogP contribution in [0.2, 0.25) is 0 Å². The average Bonchev–Trinajstić information content (AvgIpc) is 3.28. The lowest BCUT2D eigenvalue weighted by Gasteiger charge is -2.24. The summed E-state index contributed by atoms with van der Waals surface area (Å²) in [5.41, 5.74) is 3.30. The Bertz CT molecular complexity index is 1090. The number of benzene rings is 2. The van der Waals surface area contributed by atoms with Gasteiger partial charge in [-0.25, -0.2) is 4.79 Å². The van der Waals surface area contributed by atoms with Gasteiger partial charge >= 0.3 is 6.03 Å². The minimum atomic E-state index is -0.302. The SMILES string of the molecule is COc1cccc(CSc2nnc(C(C)NC(=O)NC3CCCCC3)n2-c2ccc(C)cc2)c1. The van der Waals surface area contributed by atoms with Crippen molar-refractivity contribution in [1.29, 1.82) is 0 Å².